The Morgan fingerprint density at radius 1 is 1.36 bits per heavy atom. The Hall–Kier alpha value is -1.50. The van der Waals surface area contributed by atoms with Crippen LogP contribution in [0.15, 0.2) is 41.4 Å². The first-order valence-corrected chi connectivity index (χ1v) is 10.4. The molecule has 0 saturated carbocycles. The molecule has 134 valence electrons. The Labute approximate surface area is 152 Å². The summed E-state index contributed by atoms with van der Waals surface area (Å²) in [5.74, 6) is -0.228. The SMILES string of the molecule is CS(=O)(=O)c1cc(Cl)cnc1C1CCCN(Cc2cccc(F)c2)C1. The Morgan fingerprint density at radius 2 is 2.16 bits per heavy atom. The van der Waals surface area contributed by atoms with Crippen molar-refractivity contribution in [2.75, 3.05) is 19.3 Å². The third-order valence-electron chi connectivity index (χ3n) is 4.44. The van der Waals surface area contributed by atoms with E-state index in [-0.39, 0.29) is 16.6 Å². The number of sulfone groups is 1. The van der Waals surface area contributed by atoms with E-state index < -0.39 is 9.84 Å². The van der Waals surface area contributed by atoms with Gasteiger partial charge in [0.15, 0.2) is 9.84 Å². The van der Waals surface area contributed by atoms with Crippen LogP contribution < -0.4 is 0 Å². The summed E-state index contributed by atoms with van der Waals surface area (Å²) in [4.78, 5) is 6.75. The normalized spacial score (nSPS) is 19.1. The van der Waals surface area contributed by atoms with Crippen molar-refractivity contribution in [2.24, 2.45) is 0 Å². The molecule has 0 aliphatic carbocycles. The average Bonchev–Trinajstić information content (AvgIpc) is 2.54. The molecule has 2 heterocycles. The number of pyridine rings is 1. The van der Waals surface area contributed by atoms with E-state index in [0.29, 0.717) is 23.8 Å². The highest BCUT2D eigenvalue weighted by Gasteiger charge is 2.27. The van der Waals surface area contributed by atoms with Crippen molar-refractivity contribution in [3.05, 3.63) is 58.6 Å². The van der Waals surface area contributed by atoms with E-state index in [1.54, 1.807) is 6.07 Å². The number of hydrogen-bond acceptors (Lipinski definition) is 4. The highest BCUT2D eigenvalue weighted by molar-refractivity contribution is 7.90. The zero-order valence-electron chi connectivity index (χ0n) is 14.0. The number of nitrogens with zero attached hydrogens (tertiary/aromatic N) is 2. The van der Waals surface area contributed by atoms with Crippen molar-refractivity contribution in [1.29, 1.82) is 0 Å². The number of benzene rings is 1. The maximum Gasteiger partial charge on any atom is 0.177 e. The fourth-order valence-corrected chi connectivity index (χ4v) is 4.51. The molecule has 0 amide bonds. The van der Waals surface area contributed by atoms with Gasteiger partial charge in [0.25, 0.3) is 0 Å². The Balaban J connectivity index is 1.82. The van der Waals surface area contributed by atoms with Gasteiger partial charge >= 0.3 is 0 Å². The van der Waals surface area contributed by atoms with Gasteiger partial charge in [-0.15, -0.1) is 0 Å². The second-order valence-corrected chi connectivity index (χ2v) is 8.93. The standard InChI is InChI=1S/C18H20ClFN2O2S/c1-25(23,24)17-9-15(19)10-21-18(17)14-5-3-7-22(12-14)11-13-4-2-6-16(20)8-13/h2,4,6,8-10,14H,3,5,7,11-12H2,1H3. The summed E-state index contributed by atoms with van der Waals surface area (Å²) in [6, 6.07) is 8.04. The fourth-order valence-electron chi connectivity index (χ4n) is 3.35. The largest absolute Gasteiger partial charge is 0.298 e. The van der Waals surface area contributed by atoms with Crippen LogP contribution in [-0.4, -0.2) is 37.6 Å². The molecule has 1 aromatic heterocycles. The molecule has 0 spiro atoms. The molecule has 2 aromatic rings. The molecular weight excluding hydrogens is 363 g/mol. The molecule has 3 rings (SSSR count). The third kappa shape index (κ3) is 4.57. The van der Waals surface area contributed by atoms with Crippen LogP contribution >= 0.6 is 11.6 Å². The highest BCUT2D eigenvalue weighted by Crippen LogP contribution is 2.31. The van der Waals surface area contributed by atoms with Crippen LogP contribution in [0.3, 0.4) is 0 Å². The van der Waals surface area contributed by atoms with Gasteiger partial charge in [0.05, 0.1) is 15.6 Å². The van der Waals surface area contributed by atoms with Crippen LogP contribution in [0.5, 0.6) is 0 Å². The molecular formula is C18H20ClFN2O2S. The fraction of sp³-hybridized carbons (Fsp3) is 0.389. The van der Waals surface area contributed by atoms with E-state index >= 15 is 0 Å². The van der Waals surface area contributed by atoms with Crippen LogP contribution in [-0.2, 0) is 16.4 Å². The lowest BCUT2D eigenvalue weighted by molar-refractivity contribution is 0.197. The Bertz CT molecular complexity index is 873. The lowest BCUT2D eigenvalue weighted by Gasteiger charge is -2.33. The summed E-state index contributed by atoms with van der Waals surface area (Å²) in [6.07, 6.45) is 4.48. The average molecular weight is 383 g/mol. The molecule has 1 atom stereocenters. The van der Waals surface area contributed by atoms with Crippen LogP contribution in [0.25, 0.3) is 0 Å². The van der Waals surface area contributed by atoms with Crippen molar-refractivity contribution >= 4 is 21.4 Å². The van der Waals surface area contributed by atoms with E-state index in [1.165, 1.54) is 30.7 Å². The monoisotopic (exact) mass is 382 g/mol. The van der Waals surface area contributed by atoms with E-state index in [0.717, 1.165) is 24.9 Å². The number of likely N-dealkylation sites (tertiary alicyclic amines) is 1. The minimum absolute atomic E-state index is 0.0179. The summed E-state index contributed by atoms with van der Waals surface area (Å²) in [7, 11) is -3.40. The summed E-state index contributed by atoms with van der Waals surface area (Å²) >= 11 is 5.94. The van der Waals surface area contributed by atoms with E-state index in [4.69, 9.17) is 11.6 Å². The van der Waals surface area contributed by atoms with Gasteiger partial charge in [-0.25, -0.2) is 12.8 Å². The molecule has 1 unspecified atom stereocenters. The number of rotatable bonds is 4. The second-order valence-electron chi connectivity index (χ2n) is 6.51. The van der Waals surface area contributed by atoms with Gasteiger partial charge in [-0.2, -0.15) is 0 Å². The third-order valence-corrected chi connectivity index (χ3v) is 5.77. The smallest absolute Gasteiger partial charge is 0.177 e. The number of hydrogen-bond donors (Lipinski definition) is 0. The molecule has 25 heavy (non-hydrogen) atoms. The molecule has 0 N–H and O–H groups in total. The van der Waals surface area contributed by atoms with Gasteiger partial charge in [0.2, 0.25) is 0 Å². The summed E-state index contributed by atoms with van der Waals surface area (Å²) in [5.41, 5.74) is 1.49. The predicted molar refractivity (Wildman–Crippen MR) is 96.0 cm³/mol. The van der Waals surface area contributed by atoms with E-state index in [9.17, 15) is 12.8 Å². The van der Waals surface area contributed by atoms with Crippen LogP contribution in [0.2, 0.25) is 5.02 Å². The first kappa shape index (κ1) is 18.3. The molecule has 1 fully saturated rings. The molecule has 1 aliphatic rings. The Kier molecular flexibility index (Phi) is 5.41. The van der Waals surface area contributed by atoms with Crippen LogP contribution in [0.4, 0.5) is 4.39 Å². The summed E-state index contributed by atoms with van der Waals surface area (Å²) < 4.78 is 37.6. The molecule has 0 radical (unpaired) electrons. The first-order valence-electron chi connectivity index (χ1n) is 8.15. The van der Waals surface area contributed by atoms with Gasteiger partial charge in [-0.05, 0) is 43.1 Å². The van der Waals surface area contributed by atoms with Gasteiger partial charge < -0.3 is 0 Å². The zero-order valence-corrected chi connectivity index (χ0v) is 15.5. The van der Waals surface area contributed by atoms with Crippen molar-refractivity contribution < 1.29 is 12.8 Å². The van der Waals surface area contributed by atoms with Gasteiger partial charge in [-0.3, -0.25) is 9.88 Å². The van der Waals surface area contributed by atoms with Crippen LogP contribution in [0, 0.1) is 5.82 Å². The molecule has 4 nitrogen and oxygen atoms in total. The molecule has 1 aromatic carbocycles. The maximum atomic E-state index is 13.4. The summed E-state index contributed by atoms with van der Waals surface area (Å²) in [5, 5.41) is 0.316. The lowest BCUT2D eigenvalue weighted by atomic mass is 9.94. The number of aromatic nitrogens is 1. The minimum Gasteiger partial charge on any atom is -0.298 e. The van der Waals surface area contributed by atoms with Crippen molar-refractivity contribution in [1.82, 2.24) is 9.88 Å². The second kappa shape index (κ2) is 7.40. The maximum absolute atomic E-state index is 13.4. The molecule has 1 saturated heterocycles. The lowest BCUT2D eigenvalue weighted by Crippen LogP contribution is -2.34. The molecule has 7 heteroatoms. The molecule has 1 aliphatic heterocycles. The molecule has 0 bridgehead atoms. The van der Waals surface area contributed by atoms with Gasteiger partial charge in [0, 0.05) is 31.5 Å². The Morgan fingerprint density at radius 3 is 2.88 bits per heavy atom. The van der Waals surface area contributed by atoms with Crippen molar-refractivity contribution in [3.63, 3.8) is 0 Å². The predicted octanol–water partition coefficient (Wildman–Crippen LogP) is 3.66. The topological polar surface area (TPSA) is 50.3 Å². The van der Waals surface area contributed by atoms with Crippen LogP contribution in [0.1, 0.15) is 30.0 Å². The first-order chi connectivity index (χ1) is 11.8. The van der Waals surface area contributed by atoms with Gasteiger partial charge in [-0.1, -0.05) is 23.7 Å². The van der Waals surface area contributed by atoms with Crippen molar-refractivity contribution in [3.8, 4) is 0 Å². The number of piperidine rings is 1. The van der Waals surface area contributed by atoms with Gasteiger partial charge in [0.1, 0.15) is 5.82 Å². The van der Waals surface area contributed by atoms with Crippen molar-refractivity contribution in [2.45, 2.75) is 30.2 Å². The number of halogens is 2. The highest BCUT2D eigenvalue weighted by atomic mass is 35.5. The van der Waals surface area contributed by atoms with E-state index in [2.05, 4.69) is 9.88 Å². The van der Waals surface area contributed by atoms with E-state index in [1.807, 2.05) is 6.07 Å². The summed E-state index contributed by atoms with van der Waals surface area (Å²) in [6.45, 7) is 2.22. The zero-order chi connectivity index (χ0) is 18.0. The quantitative estimate of drug-likeness (QED) is 0.809. The minimum atomic E-state index is -3.40.